The minimum atomic E-state index is -0.417. The first-order chi connectivity index (χ1) is 6.57. The Balaban J connectivity index is 2.28. The van der Waals surface area contributed by atoms with Crippen LogP contribution in [0.2, 0.25) is 0 Å². The summed E-state index contributed by atoms with van der Waals surface area (Å²) in [6.45, 7) is 7.39. The van der Waals surface area contributed by atoms with Gasteiger partial charge in [-0.1, -0.05) is 13.3 Å². The van der Waals surface area contributed by atoms with Crippen LogP contribution in [0.25, 0.3) is 0 Å². The number of piperidine rings is 1. The molecule has 2 nitrogen and oxygen atoms in total. The zero-order valence-electron chi connectivity index (χ0n) is 9.37. The lowest BCUT2D eigenvalue weighted by atomic mass is 9.93. The first-order valence-electron chi connectivity index (χ1n) is 5.63. The van der Waals surface area contributed by atoms with E-state index >= 15 is 0 Å². The van der Waals surface area contributed by atoms with Crippen LogP contribution in [0.1, 0.15) is 33.1 Å². The second kappa shape index (κ2) is 5.38. The summed E-state index contributed by atoms with van der Waals surface area (Å²) in [5, 5.41) is 9.80. The zero-order chi connectivity index (χ0) is 10.6. The molecule has 1 N–H and O–H groups in total. The second-order valence-electron chi connectivity index (χ2n) is 4.75. The van der Waals surface area contributed by atoms with Crippen LogP contribution in [0.15, 0.2) is 0 Å². The van der Waals surface area contributed by atoms with Gasteiger partial charge in [-0.05, 0) is 31.4 Å². The molecule has 1 fully saturated rings. The van der Waals surface area contributed by atoms with Crippen molar-refractivity contribution < 1.29 is 5.11 Å². The number of likely N-dealkylation sites (tertiary alicyclic amines) is 1. The van der Waals surface area contributed by atoms with Crippen LogP contribution in [0, 0.1) is 5.92 Å². The third-order valence-electron chi connectivity index (χ3n) is 3.29. The quantitative estimate of drug-likeness (QED) is 0.701. The van der Waals surface area contributed by atoms with Crippen molar-refractivity contribution in [1.29, 1.82) is 0 Å². The van der Waals surface area contributed by atoms with Gasteiger partial charge in [-0.25, -0.2) is 0 Å². The summed E-state index contributed by atoms with van der Waals surface area (Å²) in [6.07, 6.45) is 3.03. The molecule has 0 amide bonds. The van der Waals surface area contributed by atoms with Crippen LogP contribution in [0.3, 0.4) is 0 Å². The van der Waals surface area contributed by atoms with Gasteiger partial charge in [0.1, 0.15) is 0 Å². The number of rotatable bonds is 4. The van der Waals surface area contributed by atoms with Crippen molar-refractivity contribution in [1.82, 2.24) is 4.90 Å². The molecule has 3 heteroatoms. The highest BCUT2D eigenvalue weighted by Crippen LogP contribution is 2.22. The Morgan fingerprint density at radius 1 is 1.43 bits per heavy atom. The lowest BCUT2D eigenvalue weighted by molar-refractivity contribution is -0.00812. The molecule has 0 aromatic rings. The van der Waals surface area contributed by atoms with Gasteiger partial charge >= 0.3 is 0 Å². The molecule has 1 saturated heterocycles. The molecule has 0 spiro atoms. The van der Waals surface area contributed by atoms with E-state index in [9.17, 15) is 5.11 Å². The highest BCUT2D eigenvalue weighted by Gasteiger charge is 2.27. The monoisotopic (exact) mass is 217 g/mol. The molecular weight excluding hydrogens is 194 g/mol. The Bertz CT molecular complexity index is 159. The molecule has 0 radical (unpaired) electrons. The Morgan fingerprint density at radius 2 is 2.00 bits per heavy atom. The Hall–Kier alpha value is 0.270. The van der Waals surface area contributed by atoms with E-state index in [4.69, 9.17) is 0 Å². The summed E-state index contributed by atoms with van der Waals surface area (Å²) in [4.78, 5) is 2.46. The molecule has 14 heavy (non-hydrogen) atoms. The molecule has 0 saturated carbocycles. The van der Waals surface area contributed by atoms with Crippen LogP contribution in [-0.4, -0.2) is 41.0 Å². The molecular formula is C11H23NOS. The first-order valence-corrected chi connectivity index (χ1v) is 6.26. The maximum atomic E-state index is 9.80. The SMILES string of the molecule is CCC(CS)CN1CCC(C)(O)CC1. The van der Waals surface area contributed by atoms with Crippen LogP contribution >= 0.6 is 12.6 Å². The second-order valence-corrected chi connectivity index (χ2v) is 5.12. The Labute approximate surface area is 93.1 Å². The topological polar surface area (TPSA) is 23.5 Å². The van der Waals surface area contributed by atoms with Crippen LogP contribution in [-0.2, 0) is 0 Å². The smallest absolute Gasteiger partial charge is 0.0644 e. The van der Waals surface area contributed by atoms with Gasteiger partial charge in [-0.2, -0.15) is 12.6 Å². The minimum absolute atomic E-state index is 0.417. The fraction of sp³-hybridized carbons (Fsp3) is 1.00. The zero-order valence-corrected chi connectivity index (χ0v) is 10.3. The summed E-state index contributed by atoms with van der Waals surface area (Å²) in [6, 6.07) is 0. The number of thiol groups is 1. The molecule has 1 aliphatic rings. The lowest BCUT2D eigenvalue weighted by Crippen LogP contribution is -2.44. The summed E-state index contributed by atoms with van der Waals surface area (Å²) in [5.41, 5.74) is -0.417. The fourth-order valence-corrected chi connectivity index (χ4v) is 2.27. The van der Waals surface area contributed by atoms with Crippen molar-refractivity contribution in [3.63, 3.8) is 0 Å². The Morgan fingerprint density at radius 3 is 2.43 bits per heavy atom. The molecule has 0 aliphatic carbocycles. The fourth-order valence-electron chi connectivity index (χ4n) is 1.90. The average Bonchev–Trinajstić information content (AvgIpc) is 2.16. The van der Waals surface area contributed by atoms with Gasteiger partial charge in [-0.15, -0.1) is 0 Å². The Kier molecular flexibility index (Phi) is 4.74. The third-order valence-corrected chi connectivity index (χ3v) is 3.80. The van der Waals surface area contributed by atoms with E-state index in [1.807, 2.05) is 6.92 Å². The number of hydrogen-bond donors (Lipinski definition) is 2. The van der Waals surface area contributed by atoms with Crippen LogP contribution in [0.5, 0.6) is 0 Å². The van der Waals surface area contributed by atoms with Gasteiger partial charge in [0, 0.05) is 19.6 Å². The van der Waals surface area contributed by atoms with Gasteiger partial charge in [-0.3, -0.25) is 0 Å². The molecule has 0 aromatic heterocycles. The van der Waals surface area contributed by atoms with E-state index in [1.165, 1.54) is 6.42 Å². The van der Waals surface area contributed by atoms with Crippen LogP contribution in [0.4, 0.5) is 0 Å². The summed E-state index contributed by atoms with van der Waals surface area (Å²) >= 11 is 4.35. The van der Waals surface area contributed by atoms with E-state index in [0.29, 0.717) is 5.92 Å². The summed E-state index contributed by atoms with van der Waals surface area (Å²) in [5.74, 6) is 1.69. The van der Waals surface area contributed by atoms with Gasteiger partial charge in [0.25, 0.3) is 0 Å². The molecule has 1 unspecified atom stereocenters. The number of hydrogen-bond acceptors (Lipinski definition) is 3. The van der Waals surface area contributed by atoms with Crippen molar-refractivity contribution in [3.8, 4) is 0 Å². The maximum Gasteiger partial charge on any atom is 0.0644 e. The molecule has 1 aliphatic heterocycles. The standard InChI is InChI=1S/C11H23NOS/c1-3-10(9-14)8-12-6-4-11(2,13)5-7-12/h10,13-14H,3-9H2,1-2H3. The summed E-state index contributed by atoms with van der Waals surface area (Å²) in [7, 11) is 0. The van der Waals surface area contributed by atoms with Gasteiger partial charge in [0.2, 0.25) is 0 Å². The summed E-state index contributed by atoms with van der Waals surface area (Å²) < 4.78 is 0. The molecule has 1 atom stereocenters. The van der Waals surface area contributed by atoms with Crippen molar-refractivity contribution in [3.05, 3.63) is 0 Å². The van der Waals surface area contributed by atoms with Gasteiger partial charge in [0.05, 0.1) is 5.60 Å². The molecule has 1 heterocycles. The van der Waals surface area contributed by atoms with Gasteiger partial charge in [0.15, 0.2) is 0 Å². The normalized spacial score (nSPS) is 24.9. The van der Waals surface area contributed by atoms with Crippen molar-refractivity contribution in [2.45, 2.75) is 38.7 Å². The van der Waals surface area contributed by atoms with E-state index in [1.54, 1.807) is 0 Å². The molecule has 0 bridgehead atoms. The first kappa shape index (κ1) is 12.3. The average molecular weight is 217 g/mol. The molecule has 1 rings (SSSR count). The largest absolute Gasteiger partial charge is 0.390 e. The third kappa shape index (κ3) is 3.79. The predicted molar refractivity (Wildman–Crippen MR) is 63.9 cm³/mol. The van der Waals surface area contributed by atoms with E-state index < -0.39 is 5.60 Å². The predicted octanol–water partition coefficient (Wildman–Crippen LogP) is 1.79. The number of aliphatic hydroxyl groups is 1. The molecule has 0 aromatic carbocycles. The van der Waals surface area contributed by atoms with Crippen molar-refractivity contribution in [2.24, 2.45) is 5.92 Å². The van der Waals surface area contributed by atoms with E-state index in [2.05, 4.69) is 24.5 Å². The van der Waals surface area contributed by atoms with Crippen LogP contribution < -0.4 is 0 Å². The highest BCUT2D eigenvalue weighted by atomic mass is 32.1. The molecule has 84 valence electrons. The highest BCUT2D eigenvalue weighted by molar-refractivity contribution is 7.80. The van der Waals surface area contributed by atoms with Crippen molar-refractivity contribution >= 4 is 12.6 Å². The van der Waals surface area contributed by atoms with Gasteiger partial charge < -0.3 is 10.0 Å². The van der Waals surface area contributed by atoms with E-state index in [-0.39, 0.29) is 0 Å². The minimum Gasteiger partial charge on any atom is -0.390 e. The van der Waals surface area contributed by atoms with E-state index in [0.717, 1.165) is 38.2 Å². The number of nitrogens with zero attached hydrogens (tertiary/aromatic N) is 1. The maximum absolute atomic E-state index is 9.80. The lowest BCUT2D eigenvalue weighted by Gasteiger charge is -2.37. The van der Waals surface area contributed by atoms with Crippen molar-refractivity contribution in [2.75, 3.05) is 25.4 Å².